The first-order valence-corrected chi connectivity index (χ1v) is 7.51. The second kappa shape index (κ2) is 7.16. The van der Waals surface area contributed by atoms with Crippen LogP contribution in [0.2, 0.25) is 5.15 Å². The molecule has 24 heavy (non-hydrogen) atoms. The van der Waals surface area contributed by atoms with E-state index in [1.54, 1.807) is 18.2 Å². The van der Waals surface area contributed by atoms with Crippen molar-refractivity contribution in [1.29, 1.82) is 0 Å². The van der Waals surface area contributed by atoms with Gasteiger partial charge in [0.2, 0.25) is 11.9 Å². The second-order valence-corrected chi connectivity index (χ2v) is 5.75. The lowest BCUT2D eigenvalue weighted by Crippen LogP contribution is -2.34. The molecule has 0 aromatic carbocycles. The van der Waals surface area contributed by atoms with Crippen LogP contribution < -0.4 is 10.6 Å². The molecule has 0 amide bonds. The summed E-state index contributed by atoms with van der Waals surface area (Å²) in [7, 11) is 0. The summed E-state index contributed by atoms with van der Waals surface area (Å²) in [6, 6.07) is 3.00. The Hall–Kier alpha value is -2.16. The molecular weight excluding hydrogens is 345 g/mol. The Bertz CT molecular complexity index is 707. The fraction of sp³-hybridized carbons (Fsp3) is 0.429. The Morgan fingerprint density at radius 3 is 2.12 bits per heavy atom. The van der Waals surface area contributed by atoms with Crippen molar-refractivity contribution in [3.05, 3.63) is 23.4 Å². The summed E-state index contributed by atoms with van der Waals surface area (Å²) in [5.74, 6) is 0.0657. The number of hydrogen-bond donors (Lipinski definition) is 2. The predicted molar refractivity (Wildman–Crippen MR) is 86.0 cm³/mol. The van der Waals surface area contributed by atoms with Crippen LogP contribution in [0.3, 0.4) is 0 Å². The molecular formula is C14H16ClF3N6. The standard InChI is InChI=1S/C14H16ClF3N6/c1-7(2)19-12-22-11(9-5-4-6-10(15)21-9)23-13(24-12)20-8(3)14(16,17)18/h4-8H,1-3H3,(H2,19,20,22,23,24). The van der Waals surface area contributed by atoms with Gasteiger partial charge in [-0.05, 0) is 32.9 Å². The third-order valence-corrected chi connectivity index (χ3v) is 3.04. The fourth-order valence-electron chi connectivity index (χ4n) is 1.69. The van der Waals surface area contributed by atoms with Crippen LogP contribution in [0.25, 0.3) is 11.5 Å². The molecule has 1 unspecified atom stereocenters. The molecule has 0 aliphatic carbocycles. The molecule has 2 aromatic heterocycles. The first-order valence-electron chi connectivity index (χ1n) is 7.14. The highest BCUT2D eigenvalue weighted by Crippen LogP contribution is 2.24. The number of alkyl halides is 3. The molecule has 10 heteroatoms. The zero-order chi connectivity index (χ0) is 17.9. The number of anilines is 2. The van der Waals surface area contributed by atoms with E-state index in [9.17, 15) is 13.2 Å². The van der Waals surface area contributed by atoms with Gasteiger partial charge in [-0.15, -0.1) is 0 Å². The van der Waals surface area contributed by atoms with Gasteiger partial charge in [0.15, 0.2) is 5.82 Å². The molecule has 0 saturated heterocycles. The van der Waals surface area contributed by atoms with Crippen LogP contribution in [0.15, 0.2) is 18.2 Å². The number of nitrogens with zero attached hydrogens (tertiary/aromatic N) is 4. The molecule has 2 aromatic rings. The van der Waals surface area contributed by atoms with Gasteiger partial charge in [-0.25, -0.2) is 4.98 Å². The Kier molecular flexibility index (Phi) is 5.43. The van der Waals surface area contributed by atoms with Gasteiger partial charge in [0, 0.05) is 6.04 Å². The van der Waals surface area contributed by atoms with E-state index in [0.29, 0.717) is 5.69 Å². The molecule has 0 radical (unpaired) electrons. The van der Waals surface area contributed by atoms with Crippen LogP contribution in [-0.4, -0.2) is 38.2 Å². The van der Waals surface area contributed by atoms with Crippen LogP contribution in [0, 0.1) is 0 Å². The van der Waals surface area contributed by atoms with Crippen molar-refractivity contribution in [2.75, 3.05) is 10.6 Å². The Morgan fingerprint density at radius 1 is 0.958 bits per heavy atom. The highest BCUT2D eigenvalue weighted by molar-refractivity contribution is 6.29. The molecule has 0 aliphatic heterocycles. The first-order chi connectivity index (χ1) is 11.1. The summed E-state index contributed by atoms with van der Waals surface area (Å²) in [6.45, 7) is 4.69. The molecule has 6 nitrogen and oxygen atoms in total. The van der Waals surface area contributed by atoms with E-state index in [1.165, 1.54) is 0 Å². The second-order valence-electron chi connectivity index (χ2n) is 5.36. The van der Waals surface area contributed by atoms with Crippen LogP contribution in [0.1, 0.15) is 20.8 Å². The van der Waals surface area contributed by atoms with E-state index in [4.69, 9.17) is 11.6 Å². The molecule has 0 aliphatic rings. The Morgan fingerprint density at radius 2 is 1.58 bits per heavy atom. The monoisotopic (exact) mass is 360 g/mol. The van der Waals surface area contributed by atoms with Gasteiger partial charge in [0.25, 0.3) is 0 Å². The van der Waals surface area contributed by atoms with Gasteiger partial charge in [-0.3, -0.25) is 0 Å². The summed E-state index contributed by atoms with van der Waals surface area (Å²) in [6.07, 6.45) is -4.42. The smallest absolute Gasteiger partial charge is 0.352 e. The Labute approximate surface area is 141 Å². The molecule has 1 atom stereocenters. The number of nitrogens with one attached hydrogen (secondary N) is 2. The minimum Gasteiger partial charge on any atom is -0.352 e. The normalized spacial score (nSPS) is 13.0. The van der Waals surface area contributed by atoms with Crippen molar-refractivity contribution in [2.45, 2.75) is 39.0 Å². The van der Waals surface area contributed by atoms with Gasteiger partial charge in [0.05, 0.1) is 0 Å². The Balaban J connectivity index is 2.41. The summed E-state index contributed by atoms with van der Waals surface area (Å²) in [5.41, 5.74) is 0.333. The number of pyridine rings is 1. The van der Waals surface area contributed by atoms with Gasteiger partial charge in [-0.1, -0.05) is 17.7 Å². The van der Waals surface area contributed by atoms with E-state index in [2.05, 4.69) is 30.6 Å². The van der Waals surface area contributed by atoms with E-state index in [0.717, 1.165) is 6.92 Å². The van der Waals surface area contributed by atoms with Crippen LogP contribution in [-0.2, 0) is 0 Å². The van der Waals surface area contributed by atoms with Crippen molar-refractivity contribution in [3.63, 3.8) is 0 Å². The van der Waals surface area contributed by atoms with Crippen LogP contribution in [0.4, 0.5) is 25.1 Å². The maximum atomic E-state index is 12.7. The third-order valence-electron chi connectivity index (χ3n) is 2.83. The maximum Gasteiger partial charge on any atom is 0.408 e. The van der Waals surface area contributed by atoms with Gasteiger partial charge in [-0.2, -0.15) is 28.1 Å². The first kappa shape index (κ1) is 18.2. The zero-order valence-corrected chi connectivity index (χ0v) is 13.9. The maximum absolute atomic E-state index is 12.7. The van der Waals surface area contributed by atoms with E-state index < -0.39 is 12.2 Å². The molecule has 0 bridgehead atoms. The molecule has 0 spiro atoms. The van der Waals surface area contributed by atoms with Crippen LogP contribution >= 0.6 is 11.6 Å². The number of hydrogen-bond acceptors (Lipinski definition) is 6. The minimum atomic E-state index is -4.42. The molecule has 130 valence electrons. The molecule has 2 heterocycles. The van der Waals surface area contributed by atoms with E-state index in [-0.39, 0.29) is 28.9 Å². The van der Waals surface area contributed by atoms with Crippen molar-refractivity contribution in [2.24, 2.45) is 0 Å². The van der Waals surface area contributed by atoms with Crippen molar-refractivity contribution >= 4 is 23.5 Å². The quantitative estimate of drug-likeness (QED) is 0.790. The molecule has 2 N–H and O–H groups in total. The average Bonchev–Trinajstić information content (AvgIpc) is 2.45. The predicted octanol–water partition coefficient (Wildman–Crippen LogP) is 3.77. The molecule has 0 fully saturated rings. The lowest BCUT2D eigenvalue weighted by atomic mass is 10.3. The third kappa shape index (κ3) is 4.92. The van der Waals surface area contributed by atoms with Crippen molar-refractivity contribution in [1.82, 2.24) is 19.9 Å². The van der Waals surface area contributed by atoms with Gasteiger partial charge < -0.3 is 10.6 Å². The number of rotatable bonds is 5. The highest BCUT2D eigenvalue weighted by Gasteiger charge is 2.36. The number of halogens is 4. The van der Waals surface area contributed by atoms with E-state index in [1.807, 2.05) is 13.8 Å². The summed E-state index contributed by atoms with van der Waals surface area (Å²) >= 11 is 5.84. The molecule has 2 rings (SSSR count). The van der Waals surface area contributed by atoms with E-state index >= 15 is 0 Å². The zero-order valence-electron chi connectivity index (χ0n) is 13.2. The van der Waals surface area contributed by atoms with Gasteiger partial charge >= 0.3 is 6.18 Å². The lowest BCUT2D eigenvalue weighted by molar-refractivity contribution is -0.138. The SMILES string of the molecule is CC(C)Nc1nc(NC(C)C(F)(F)F)nc(-c2cccc(Cl)n2)n1. The minimum absolute atomic E-state index is 0.0135. The van der Waals surface area contributed by atoms with Crippen molar-refractivity contribution in [3.8, 4) is 11.5 Å². The summed E-state index contributed by atoms with van der Waals surface area (Å²) < 4.78 is 38.2. The summed E-state index contributed by atoms with van der Waals surface area (Å²) in [4.78, 5) is 16.2. The highest BCUT2D eigenvalue weighted by atomic mass is 35.5. The fourth-order valence-corrected chi connectivity index (χ4v) is 1.85. The average molecular weight is 361 g/mol. The largest absolute Gasteiger partial charge is 0.408 e. The molecule has 0 saturated carbocycles. The number of aromatic nitrogens is 4. The lowest BCUT2D eigenvalue weighted by Gasteiger charge is -2.18. The van der Waals surface area contributed by atoms with Crippen LogP contribution in [0.5, 0.6) is 0 Å². The topological polar surface area (TPSA) is 75.6 Å². The van der Waals surface area contributed by atoms with Crippen molar-refractivity contribution < 1.29 is 13.2 Å². The van der Waals surface area contributed by atoms with Gasteiger partial charge in [0.1, 0.15) is 16.9 Å². The summed E-state index contributed by atoms with van der Waals surface area (Å²) in [5, 5.41) is 5.40.